The molecular weight excluding hydrogens is 328 g/mol. The van der Waals surface area contributed by atoms with Crippen molar-refractivity contribution >= 4 is 6.03 Å². The van der Waals surface area contributed by atoms with Crippen LogP contribution in [0.2, 0.25) is 0 Å². The van der Waals surface area contributed by atoms with Crippen LogP contribution in [-0.4, -0.2) is 51.4 Å². The second-order valence-electron chi connectivity index (χ2n) is 7.21. The molecule has 0 aromatic carbocycles. The monoisotopic (exact) mass is 356 g/mol. The average Bonchev–Trinajstić information content (AvgIpc) is 3.15. The Morgan fingerprint density at radius 2 is 2.31 bits per heavy atom. The molecule has 7 heteroatoms. The summed E-state index contributed by atoms with van der Waals surface area (Å²) in [6.45, 7) is 7.96. The zero-order valence-corrected chi connectivity index (χ0v) is 15.6. The number of rotatable bonds is 6. The van der Waals surface area contributed by atoms with Gasteiger partial charge in [-0.1, -0.05) is 6.92 Å². The summed E-state index contributed by atoms with van der Waals surface area (Å²) in [5, 5.41) is 10.1. The largest absolute Gasteiger partial charge is 0.334 e. The molecule has 3 rings (SSSR count). The Kier molecular flexibility index (Phi) is 6.22. The van der Waals surface area contributed by atoms with Gasteiger partial charge in [-0.25, -0.2) is 14.5 Å². The Morgan fingerprint density at radius 1 is 1.42 bits per heavy atom. The van der Waals surface area contributed by atoms with Crippen LogP contribution in [0.3, 0.4) is 0 Å². The van der Waals surface area contributed by atoms with Gasteiger partial charge in [-0.2, -0.15) is 5.10 Å². The van der Waals surface area contributed by atoms with Crippen molar-refractivity contribution in [2.75, 3.05) is 19.6 Å². The zero-order chi connectivity index (χ0) is 18.4. The summed E-state index contributed by atoms with van der Waals surface area (Å²) in [5.41, 5.74) is 0.984. The van der Waals surface area contributed by atoms with E-state index in [9.17, 15) is 4.79 Å². The fourth-order valence-electron chi connectivity index (χ4n) is 3.44. The van der Waals surface area contributed by atoms with Crippen LogP contribution >= 0.6 is 0 Å². The summed E-state index contributed by atoms with van der Waals surface area (Å²) in [6, 6.07) is 5.65. The third kappa shape index (κ3) is 5.29. The molecule has 3 heterocycles. The molecule has 0 radical (unpaired) electrons. The fraction of sp³-hybridized carbons (Fsp3) is 0.526. The molecule has 2 aromatic rings. The number of carbonyl (C=O) groups excluding carboxylic acids is 1. The Hall–Kier alpha value is -2.41. The molecular formula is C19H28N6O. The van der Waals surface area contributed by atoms with E-state index in [-0.39, 0.29) is 12.1 Å². The highest BCUT2D eigenvalue weighted by Gasteiger charge is 2.18. The van der Waals surface area contributed by atoms with Gasteiger partial charge in [0.15, 0.2) is 5.82 Å². The average molecular weight is 356 g/mol. The first-order chi connectivity index (χ1) is 12.6. The normalized spacial score (nSPS) is 19.1. The van der Waals surface area contributed by atoms with Gasteiger partial charge in [0.1, 0.15) is 0 Å². The third-order valence-electron chi connectivity index (χ3n) is 4.65. The molecule has 1 fully saturated rings. The molecule has 2 aromatic heterocycles. The molecule has 1 aliphatic rings. The lowest BCUT2D eigenvalue weighted by atomic mass is 10.00. The third-order valence-corrected chi connectivity index (χ3v) is 4.65. The van der Waals surface area contributed by atoms with Crippen LogP contribution in [0.25, 0.3) is 5.82 Å². The molecule has 7 nitrogen and oxygen atoms in total. The van der Waals surface area contributed by atoms with E-state index in [0.29, 0.717) is 6.54 Å². The van der Waals surface area contributed by atoms with Gasteiger partial charge in [-0.15, -0.1) is 0 Å². The van der Waals surface area contributed by atoms with Crippen molar-refractivity contribution in [1.29, 1.82) is 0 Å². The smallest absolute Gasteiger partial charge is 0.315 e. The zero-order valence-electron chi connectivity index (χ0n) is 15.6. The summed E-state index contributed by atoms with van der Waals surface area (Å²) in [4.78, 5) is 18.9. The van der Waals surface area contributed by atoms with Gasteiger partial charge in [0.05, 0.1) is 0 Å². The summed E-state index contributed by atoms with van der Waals surface area (Å²) < 4.78 is 1.70. The quantitative estimate of drug-likeness (QED) is 0.832. The van der Waals surface area contributed by atoms with E-state index in [1.54, 1.807) is 17.1 Å². The highest BCUT2D eigenvalue weighted by atomic mass is 16.2. The summed E-state index contributed by atoms with van der Waals surface area (Å²) in [5.74, 6) is 1.49. The fourth-order valence-corrected chi connectivity index (χ4v) is 3.44. The number of hydrogen-bond acceptors (Lipinski definition) is 4. The van der Waals surface area contributed by atoms with Crippen molar-refractivity contribution in [2.45, 2.75) is 39.3 Å². The van der Waals surface area contributed by atoms with Crippen LogP contribution in [0.4, 0.5) is 4.79 Å². The predicted octanol–water partition coefficient (Wildman–Crippen LogP) is 2.19. The van der Waals surface area contributed by atoms with Crippen LogP contribution in [-0.2, 0) is 6.54 Å². The van der Waals surface area contributed by atoms with E-state index < -0.39 is 0 Å². The molecule has 0 saturated carbocycles. The van der Waals surface area contributed by atoms with Crippen molar-refractivity contribution in [3.8, 4) is 5.82 Å². The van der Waals surface area contributed by atoms with Crippen molar-refractivity contribution in [2.24, 2.45) is 5.92 Å². The van der Waals surface area contributed by atoms with Crippen molar-refractivity contribution in [3.05, 3.63) is 42.4 Å². The molecule has 140 valence electrons. The van der Waals surface area contributed by atoms with E-state index in [1.165, 1.54) is 12.8 Å². The highest BCUT2D eigenvalue weighted by molar-refractivity contribution is 5.74. The first-order valence-corrected chi connectivity index (χ1v) is 9.32. The Labute approximate surface area is 154 Å². The van der Waals surface area contributed by atoms with Crippen LogP contribution in [0.15, 0.2) is 36.8 Å². The number of aromatic nitrogens is 3. The van der Waals surface area contributed by atoms with Gasteiger partial charge >= 0.3 is 6.03 Å². The topological polar surface area (TPSA) is 75.1 Å². The minimum Gasteiger partial charge on any atom is -0.334 e. The molecule has 2 N–H and O–H groups in total. The summed E-state index contributed by atoms with van der Waals surface area (Å²) >= 11 is 0. The van der Waals surface area contributed by atoms with E-state index in [1.807, 2.05) is 24.4 Å². The molecule has 1 aliphatic heterocycles. The molecule has 0 bridgehead atoms. The number of nitrogens with zero attached hydrogens (tertiary/aromatic N) is 4. The van der Waals surface area contributed by atoms with Gasteiger partial charge in [0.2, 0.25) is 0 Å². The number of likely N-dealkylation sites (tertiary alicyclic amines) is 1. The molecule has 2 atom stereocenters. The SMILES string of the molecule is CC1CCCN(CC(C)NC(=O)NCc2ccnc(-n3cccn3)c2)C1. The van der Waals surface area contributed by atoms with Crippen molar-refractivity contribution in [3.63, 3.8) is 0 Å². The van der Waals surface area contributed by atoms with Crippen LogP contribution in [0.5, 0.6) is 0 Å². The maximum Gasteiger partial charge on any atom is 0.315 e. The number of amides is 2. The Balaban J connectivity index is 1.44. The number of nitrogens with one attached hydrogen (secondary N) is 2. The standard InChI is InChI=1S/C19H28N6O/c1-15-5-3-9-24(13-15)14-16(2)23-19(26)21-12-17-6-8-20-18(11-17)25-10-4-7-22-25/h4,6-8,10-11,15-16H,3,5,9,12-14H2,1-2H3,(H2,21,23,26). The summed E-state index contributed by atoms with van der Waals surface area (Å²) in [7, 11) is 0. The van der Waals surface area contributed by atoms with Crippen LogP contribution in [0.1, 0.15) is 32.3 Å². The lowest BCUT2D eigenvalue weighted by Gasteiger charge is -2.32. The van der Waals surface area contributed by atoms with Crippen LogP contribution < -0.4 is 10.6 Å². The minimum atomic E-state index is -0.139. The molecule has 2 unspecified atom stereocenters. The Morgan fingerprint density at radius 3 is 3.08 bits per heavy atom. The van der Waals surface area contributed by atoms with E-state index >= 15 is 0 Å². The lowest BCUT2D eigenvalue weighted by molar-refractivity contribution is 0.169. The molecule has 0 spiro atoms. The van der Waals surface area contributed by atoms with E-state index in [4.69, 9.17) is 0 Å². The minimum absolute atomic E-state index is 0.123. The highest BCUT2D eigenvalue weighted by Crippen LogP contribution is 2.15. The number of pyridine rings is 1. The Bertz CT molecular complexity index is 702. The first kappa shape index (κ1) is 18.4. The second kappa shape index (κ2) is 8.80. The van der Waals surface area contributed by atoms with Gasteiger partial charge < -0.3 is 15.5 Å². The van der Waals surface area contributed by atoms with Gasteiger partial charge in [-0.05, 0) is 56.0 Å². The number of carbonyl (C=O) groups is 1. The number of urea groups is 1. The maximum atomic E-state index is 12.2. The molecule has 2 amide bonds. The molecule has 0 aliphatic carbocycles. The van der Waals surface area contributed by atoms with Crippen LogP contribution in [0, 0.1) is 5.92 Å². The second-order valence-corrected chi connectivity index (χ2v) is 7.21. The summed E-state index contributed by atoms with van der Waals surface area (Å²) in [6.07, 6.45) is 7.85. The van der Waals surface area contributed by atoms with Crippen molar-refractivity contribution < 1.29 is 4.79 Å². The maximum absolute atomic E-state index is 12.2. The van der Waals surface area contributed by atoms with E-state index in [2.05, 4.69) is 39.5 Å². The molecule has 1 saturated heterocycles. The van der Waals surface area contributed by atoms with Crippen molar-refractivity contribution in [1.82, 2.24) is 30.3 Å². The van der Waals surface area contributed by atoms with Gasteiger partial charge in [0.25, 0.3) is 0 Å². The number of piperidine rings is 1. The number of hydrogen-bond donors (Lipinski definition) is 2. The first-order valence-electron chi connectivity index (χ1n) is 9.32. The predicted molar refractivity (Wildman–Crippen MR) is 101 cm³/mol. The van der Waals surface area contributed by atoms with Gasteiger partial charge in [0, 0.05) is 44.3 Å². The van der Waals surface area contributed by atoms with Gasteiger partial charge in [-0.3, -0.25) is 0 Å². The van der Waals surface area contributed by atoms with E-state index in [0.717, 1.165) is 36.9 Å². The molecule has 26 heavy (non-hydrogen) atoms. The lowest BCUT2D eigenvalue weighted by Crippen LogP contribution is -2.47.